The fourth-order valence-corrected chi connectivity index (χ4v) is 7.19. The molecule has 13 heteroatoms. The molecule has 226 valence electrons. The van der Waals surface area contributed by atoms with Crippen LogP contribution in [0.2, 0.25) is 0 Å². The van der Waals surface area contributed by atoms with Gasteiger partial charge in [0.2, 0.25) is 0 Å². The molecule has 2 aliphatic carbocycles. The molecule has 11 atom stereocenters. The van der Waals surface area contributed by atoms with Gasteiger partial charge in [-0.05, 0) is 18.6 Å². The van der Waals surface area contributed by atoms with Crippen molar-refractivity contribution in [2.75, 3.05) is 6.61 Å². The molecule has 0 aromatic heterocycles. The normalized spacial score (nSPS) is 44.0. The van der Waals surface area contributed by atoms with Gasteiger partial charge in [-0.3, -0.25) is 24.0 Å². The molecule has 1 N–H and O–H groups in total. The van der Waals surface area contributed by atoms with E-state index >= 15 is 0 Å². The zero-order chi connectivity index (χ0) is 30.7. The first kappa shape index (κ1) is 31.0. The molecule has 2 heterocycles. The Hall–Kier alpha value is -2.96. The van der Waals surface area contributed by atoms with Crippen molar-refractivity contribution in [3.8, 4) is 0 Å². The van der Waals surface area contributed by atoms with Crippen LogP contribution in [-0.4, -0.2) is 88.7 Å². The molecule has 0 radical (unpaired) electrons. The van der Waals surface area contributed by atoms with Crippen molar-refractivity contribution < 1.29 is 57.5 Å². The summed E-state index contributed by atoms with van der Waals surface area (Å²) in [5, 5.41) is 11.3. The van der Waals surface area contributed by atoms with Crippen LogP contribution in [0.15, 0.2) is 24.3 Å². The highest BCUT2D eigenvalue weighted by atomic mass is 35.5. The molecule has 4 aliphatic rings. The first-order chi connectivity index (χ1) is 19.0. The zero-order valence-electron chi connectivity index (χ0n) is 23.7. The van der Waals surface area contributed by atoms with Gasteiger partial charge < -0.3 is 33.5 Å². The Kier molecular flexibility index (Phi) is 8.09. The van der Waals surface area contributed by atoms with E-state index in [1.54, 1.807) is 6.92 Å². The van der Waals surface area contributed by atoms with Crippen molar-refractivity contribution in [3.63, 3.8) is 0 Å². The summed E-state index contributed by atoms with van der Waals surface area (Å²) in [5.41, 5.74) is -4.90. The average molecular weight is 599 g/mol. The minimum atomic E-state index is -2.25. The van der Waals surface area contributed by atoms with Crippen LogP contribution in [0, 0.1) is 17.3 Å². The second-order valence-corrected chi connectivity index (χ2v) is 11.9. The van der Waals surface area contributed by atoms with Gasteiger partial charge in [-0.15, -0.1) is 11.6 Å². The molecule has 1 saturated carbocycles. The second-order valence-electron chi connectivity index (χ2n) is 11.4. The van der Waals surface area contributed by atoms with E-state index < -0.39 is 94.2 Å². The van der Waals surface area contributed by atoms with Gasteiger partial charge in [-0.2, -0.15) is 0 Å². The summed E-state index contributed by atoms with van der Waals surface area (Å²) < 4.78 is 34.7. The number of ether oxygens (including phenoxy) is 6. The Morgan fingerprint density at radius 3 is 2.05 bits per heavy atom. The summed E-state index contributed by atoms with van der Waals surface area (Å²) in [4.78, 5) is 62.8. The number of hydrogen-bond acceptors (Lipinski definition) is 12. The molecule has 12 nitrogen and oxygen atoms in total. The summed E-state index contributed by atoms with van der Waals surface area (Å²) in [6, 6.07) is 0. The SMILES string of the molecule is C=C1/C=C/[C@H](OC(C)=O)[C@@]2(C)[C@@H](OC(C)=O)[C@@H](OC(C)=O)C[C@]3(CO3)[C@@H]2[C@H](OC(C)=O)[C@@]2(O)[C@@H](C)C(=O)O[C@H]2[C@H]1Cl. The topological polar surface area (TPSA) is 164 Å². The predicted octanol–water partition coefficient (Wildman–Crippen LogP) is 1.53. The second kappa shape index (κ2) is 10.7. The van der Waals surface area contributed by atoms with Gasteiger partial charge in [0.25, 0.3) is 0 Å². The lowest BCUT2D eigenvalue weighted by Gasteiger charge is -2.57. The molecule has 1 spiro atoms. The average Bonchev–Trinajstić information content (AvgIpc) is 3.57. The zero-order valence-corrected chi connectivity index (χ0v) is 24.5. The molecule has 41 heavy (non-hydrogen) atoms. The minimum Gasteiger partial charge on any atom is -0.459 e. The maximum absolute atomic E-state index is 13.0. The molecular formula is C28H35ClO12. The van der Waals surface area contributed by atoms with Crippen molar-refractivity contribution in [2.24, 2.45) is 17.3 Å². The van der Waals surface area contributed by atoms with E-state index in [1.807, 2.05) is 0 Å². The fraction of sp³-hybridized carbons (Fsp3) is 0.679. The van der Waals surface area contributed by atoms with Gasteiger partial charge in [0.05, 0.1) is 23.3 Å². The molecule has 4 rings (SSSR count). The van der Waals surface area contributed by atoms with Gasteiger partial charge in [0, 0.05) is 40.0 Å². The number of carbonyl (C=O) groups is 5. The molecule has 0 aromatic rings. The van der Waals surface area contributed by atoms with E-state index in [4.69, 9.17) is 40.0 Å². The highest BCUT2D eigenvalue weighted by molar-refractivity contribution is 6.23. The van der Waals surface area contributed by atoms with Crippen LogP contribution in [0.4, 0.5) is 0 Å². The number of aliphatic hydroxyl groups is 1. The van der Waals surface area contributed by atoms with E-state index in [2.05, 4.69) is 6.58 Å². The third-order valence-electron chi connectivity index (χ3n) is 8.67. The Morgan fingerprint density at radius 1 is 1.00 bits per heavy atom. The summed E-state index contributed by atoms with van der Waals surface area (Å²) in [5.74, 6) is -6.07. The standard InChI is InChI=1S/C28H35ClO12/c1-12-8-9-19(38-15(4)31)26(7)21(27(11-36-27)10-18(37-14(3)30)22(26)39-16(5)32)24(40-17(6)33)28(35)13(2)25(34)41-23(28)20(12)29/h8-9,13,18-24,35H,1,10-11H2,2-7H3/b9-8+/t13-,18-,19-,20-,21+,22-,23-,24-,26+,27-,28+/m0/s1. The Bertz CT molecular complexity index is 1190. The number of rotatable bonds is 4. The van der Waals surface area contributed by atoms with Crippen LogP contribution in [-0.2, 0) is 52.4 Å². The number of carbonyl (C=O) groups excluding carboxylic acids is 5. The van der Waals surface area contributed by atoms with Crippen molar-refractivity contribution in [1.29, 1.82) is 0 Å². The van der Waals surface area contributed by atoms with Crippen LogP contribution in [0.5, 0.6) is 0 Å². The van der Waals surface area contributed by atoms with Crippen molar-refractivity contribution in [1.82, 2.24) is 0 Å². The van der Waals surface area contributed by atoms with Crippen molar-refractivity contribution in [3.05, 3.63) is 24.3 Å². The van der Waals surface area contributed by atoms with E-state index in [-0.39, 0.29) is 18.6 Å². The van der Waals surface area contributed by atoms with Gasteiger partial charge in [0.1, 0.15) is 30.0 Å². The molecule has 0 unspecified atom stereocenters. The summed E-state index contributed by atoms with van der Waals surface area (Å²) in [6.07, 6.45) is -3.72. The number of allylic oxidation sites excluding steroid dienone is 1. The van der Waals surface area contributed by atoms with E-state index in [0.29, 0.717) is 0 Å². The number of halogens is 1. The first-order valence-electron chi connectivity index (χ1n) is 13.3. The third-order valence-corrected chi connectivity index (χ3v) is 9.18. The van der Waals surface area contributed by atoms with E-state index in [0.717, 1.165) is 13.8 Å². The van der Waals surface area contributed by atoms with Crippen LogP contribution in [0.3, 0.4) is 0 Å². The number of hydrogen-bond donors (Lipinski definition) is 1. The minimum absolute atomic E-state index is 0.0278. The van der Waals surface area contributed by atoms with Crippen molar-refractivity contribution >= 4 is 41.4 Å². The highest BCUT2D eigenvalue weighted by Crippen LogP contribution is 2.62. The predicted molar refractivity (Wildman–Crippen MR) is 139 cm³/mol. The summed E-state index contributed by atoms with van der Waals surface area (Å²) in [6.45, 7) is 11.7. The van der Waals surface area contributed by atoms with Crippen LogP contribution in [0.25, 0.3) is 0 Å². The largest absolute Gasteiger partial charge is 0.459 e. The first-order valence-corrected chi connectivity index (χ1v) is 13.7. The number of alkyl halides is 1. The lowest BCUT2D eigenvalue weighted by molar-refractivity contribution is -0.257. The Balaban J connectivity index is 2.09. The molecular weight excluding hydrogens is 564 g/mol. The van der Waals surface area contributed by atoms with Crippen molar-refractivity contribution in [2.45, 2.75) is 95.1 Å². The summed E-state index contributed by atoms with van der Waals surface area (Å²) >= 11 is 6.73. The number of epoxide rings is 1. The van der Waals surface area contributed by atoms with Crippen LogP contribution >= 0.6 is 11.6 Å². The van der Waals surface area contributed by atoms with Crippen LogP contribution in [0.1, 0.15) is 48.0 Å². The Morgan fingerprint density at radius 2 is 1.54 bits per heavy atom. The lowest BCUT2D eigenvalue weighted by atomic mass is 9.52. The maximum Gasteiger partial charge on any atom is 0.312 e. The van der Waals surface area contributed by atoms with Crippen LogP contribution < -0.4 is 0 Å². The lowest BCUT2D eigenvalue weighted by Crippen LogP contribution is -2.72. The molecule has 2 aliphatic heterocycles. The maximum atomic E-state index is 13.0. The highest BCUT2D eigenvalue weighted by Gasteiger charge is 2.77. The fourth-order valence-electron chi connectivity index (χ4n) is 6.87. The van der Waals surface area contributed by atoms with Gasteiger partial charge >= 0.3 is 29.8 Å². The number of fused-ring (bicyclic) bond motifs is 3. The third kappa shape index (κ3) is 5.14. The Labute approximate surface area is 242 Å². The van der Waals surface area contributed by atoms with E-state index in [9.17, 15) is 29.1 Å². The quantitative estimate of drug-likeness (QED) is 0.215. The molecule has 0 aromatic carbocycles. The van der Waals surface area contributed by atoms with Gasteiger partial charge in [0.15, 0.2) is 11.7 Å². The smallest absolute Gasteiger partial charge is 0.312 e. The molecule has 3 fully saturated rings. The summed E-state index contributed by atoms with van der Waals surface area (Å²) in [7, 11) is 0. The van der Waals surface area contributed by atoms with Gasteiger partial charge in [-0.1, -0.05) is 19.6 Å². The monoisotopic (exact) mass is 598 g/mol. The molecule has 0 amide bonds. The molecule has 2 saturated heterocycles. The van der Waals surface area contributed by atoms with Gasteiger partial charge in [-0.25, -0.2) is 0 Å². The number of esters is 5. The molecule has 0 bridgehead atoms. The van der Waals surface area contributed by atoms with E-state index in [1.165, 1.54) is 32.9 Å².